The molecule has 0 unspecified atom stereocenters. The van der Waals surface area contributed by atoms with Gasteiger partial charge in [-0.1, -0.05) is 11.6 Å². The Labute approximate surface area is 93.6 Å². The second-order valence-corrected chi connectivity index (χ2v) is 3.71. The average Bonchev–Trinajstić information content (AvgIpc) is 2.16. The number of hydrogen-bond donors (Lipinski definition) is 1. The number of nitrogens with zero attached hydrogens (tertiary/aromatic N) is 1. The summed E-state index contributed by atoms with van der Waals surface area (Å²) in [5.41, 5.74) is 0. The first-order valence-corrected chi connectivity index (χ1v) is 4.99. The quantitative estimate of drug-likeness (QED) is 0.798. The van der Waals surface area contributed by atoms with Crippen LogP contribution in [0.15, 0.2) is 18.3 Å². The summed E-state index contributed by atoms with van der Waals surface area (Å²) in [4.78, 5) is 15.0. The van der Waals surface area contributed by atoms with Gasteiger partial charge in [-0.3, -0.25) is 4.79 Å². The maximum atomic E-state index is 11.2. The molecule has 0 saturated heterocycles. The molecule has 0 bridgehead atoms. The molecule has 1 N–H and O–H groups in total. The van der Waals surface area contributed by atoms with E-state index in [2.05, 4.69) is 10.3 Å². The largest absolute Gasteiger partial charge is 0.482 e. The summed E-state index contributed by atoms with van der Waals surface area (Å²) < 4.78 is 5.19. The Kier molecular flexibility index (Phi) is 4.37. The third-order valence-electron chi connectivity index (χ3n) is 1.52. The first-order chi connectivity index (χ1) is 7.08. The molecule has 5 heteroatoms. The minimum Gasteiger partial charge on any atom is -0.482 e. The van der Waals surface area contributed by atoms with Gasteiger partial charge in [0.05, 0.1) is 6.20 Å². The fourth-order valence-corrected chi connectivity index (χ4v) is 1.07. The highest BCUT2D eigenvalue weighted by atomic mass is 35.5. The third-order valence-corrected chi connectivity index (χ3v) is 1.74. The van der Waals surface area contributed by atoms with Crippen molar-refractivity contribution in [2.24, 2.45) is 0 Å². The molecule has 0 aliphatic carbocycles. The van der Waals surface area contributed by atoms with Crippen LogP contribution in [-0.2, 0) is 4.79 Å². The molecule has 0 radical (unpaired) electrons. The first kappa shape index (κ1) is 11.8. The van der Waals surface area contributed by atoms with Gasteiger partial charge in [-0.25, -0.2) is 4.98 Å². The van der Waals surface area contributed by atoms with Crippen LogP contribution >= 0.6 is 11.6 Å². The molecule has 1 amide bonds. The number of aromatic nitrogens is 1. The molecule has 0 aliphatic heterocycles. The Morgan fingerprint density at radius 1 is 1.60 bits per heavy atom. The first-order valence-electron chi connectivity index (χ1n) is 4.61. The fourth-order valence-electron chi connectivity index (χ4n) is 0.960. The van der Waals surface area contributed by atoms with E-state index in [-0.39, 0.29) is 18.6 Å². The van der Waals surface area contributed by atoms with Crippen molar-refractivity contribution in [2.75, 3.05) is 6.61 Å². The lowest BCUT2D eigenvalue weighted by molar-refractivity contribution is -0.123. The van der Waals surface area contributed by atoms with Crippen LogP contribution < -0.4 is 10.1 Å². The van der Waals surface area contributed by atoms with Gasteiger partial charge in [-0.15, -0.1) is 0 Å². The third kappa shape index (κ3) is 4.65. The Morgan fingerprint density at radius 2 is 2.33 bits per heavy atom. The van der Waals surface area contributed by atoms with Crippen LogP contribution in [-0.4, -0.2) is 23.5 Å². The van der Waals surface area contributed by atoms with Crippen molar-refractivity contribution in [3.05, 3.63) is 23.5 Å². The molecule has 1 heterocycles. The smallest absolute Gasteiger partial charge is 0.258 e. The number of hydrogen-bond acceptors (Lipinski definition) is 3. The molecule has 1 aromatic heterocycles. The molecule has 0 fully saturated rings. The van der Waals surface area contributed by atoms with Crippen LogP contribution in [0.25, 0.3) is 0 Å². The number of halogens is 1. The van der Waals surface area contributed by atoms with E-state index >= 15 is 0 Å². The number of pyridine rings is 1. The van der Waals surface area contributed by atoms with Crippen LogP contribution in [0.1, 0.15) is 13.8 Å². The lowest BCUT2D eigenvalue weighted by atomic mass is 10.4. The summed E-state index contributed by atoms with van der Waals surface area (Å²) >= 11 is 5.60. The van der Waals surface area contributed by atoms with Gasteiger partial charge in [0.25, 0.3) is 5.91 Å². The number of amides is 1. The lowest BCUT2D eigenvalue weighted by Crippen LogP contribution is -2.34. The second-order valence-electron chi connectivity index (χ2n) is 3.33. The molecule has 0 aliphatic rings. The lowest BCUT2D eigenvalue weighted by Gasteiger charge is -2.09. The summed E-state index contributed by atoms with van der Waals surface area (Å²) in [7, 11) is 0. The minimum absolute atomic E-state index is 0.0124. The van der Waals surface area contributed by atoms with Gasteiger partial charge < -0.3 is 10.1 Å². The highest BCUT2D eigenvalue weighted by Gasteiger charge is 2.04. The monoisotopic (exact) mass is 228 g/mol. The molecule has 4 nitrogen and oxygen atoms in total. The molecule has 1 rings (SSSR count). The molecule has 1 aromatic rings. The predicted molar refractivity (Wildman–Crippen MR) is 58.0 cm³/mol. The number of nitrogens with one attached hydrogen (secondary N) is 1. The van der Waals surface area contributed by atoms with Crippen molar-refractivity contribution in [1.29, 1.82) is 0 Å². The standard InChI is InChI=1S/C10H13ClN2O2/c1-7(2)13-10(14)6-15-8-3-4-9(11)12-5-8/h3-5,7H,6H2,1-2H3,(H,13,14). The highest BCUT2D eigenvalue weighted by Crippen LogP contribution is 2.11. The van der Waals surface area contributed by atoms with E-state index in [4.69, 9.17) is 16.3 Å². The van der Waals surface area contributed by atoms with E-state index in [9.17, 15) is 4.79 Å². The van der Waals surface area contributed by atoms with Gasteiger partial charge in [0, 0.05) is 6.04 Å². The van der Waals surface area contributed by atoms with Gasteiger partial charge in [0.1, 0.15) is 10.9 Å². The van der Waals surface area contributed by atoms with Crippen molar-refractivity contribution in [3.63, 3.8) is 0 Å². The number of carbonyl (C=O) groups excluding carboxylic acids is 1. The van der Waals surface area contributed by atoms with Crippen molar-refractivity contribution < 1.29 is 9.53 Å². The van der Waals surface area contributed by atoms with Crippen LogP contribution in [0.3, 0.4) is 0 Å². The fraction of sp³-hybridized carbons (Fsp3) is 0.400. The Balaban J connectivity index is 2.37. The van der Waals surface area contributed by atoms with Gasteiger partial charge in [0.2, 0.25) is 0 Å². The van der Waals surface area contributed by atoms with Gasteiger partial charge in [-0.2, -0.15) is 0 Å². The summed E-state index contributed by atoms with van der Waals surface area (Å²) in [5.74, 6) is 0.373. The summed E-state index contributed by atoms with van der Waals surface area (Å²) in [5, 5.41) is 3.11. The van der Waals surface area contributed by atoms with Crippen molar-refractivity contribution >= 4 is 17.5 Å². The van der Waals surface area contributed by atoms with E-state index < -0.39 is 0 Å². The van der Waals surface area contributed by atoms with Crippen LogP contribution in [0, 0.1) is 0 Å². The predicted octanol–water partition coefficient (Wildman–Crippen LogP) is 1.64. The van der Waals surface area contributed by atoms with E-state index in [1.54, 1.807) is 12.1 Å². The molecule has 15 heavy (non-hydrogen) atoms. The second kappa shape index (κ2) is 5.56. The van der Waals surface area contributed by atoms with Crippen LogP contribution in [0.5, 0.6) is 5.75 Å². The summed E-state index contributed by atoms with van der Waals surface area (Å²) in [6.07, 6.45) is 1.48. The zero-order chi connectivity index (χ0) is 11.3. The number of rotatable bonds is 4. The van der Waals surface area contributed by atoms with Gasteiger partial charge in [0.15, 0.2) is 6.61 Å². The normalized spacial score (nSPS) is 10.1. The SMILES string of the molecule is CC(C)NC(=O)COc1ccc(Cl)nc1. The Hall–Kier alpha value is -1.29. The average molecular weight is 229 g/mol. The molecular formula is C10H13ClN2O2. The van der Waals surface area contributed by atoms with Gasteiger partial charge >= 0.3 is 0 Å². The zero-order valence-corrected chi connectivity index (χ0v) is 9.41. The maximum absolute atomic E-state index is 11.2. The summed E-state index contributed by atoms with van der Waals surface area (Å²) in [6.45, 7) is 3.77. The molecule has 0 aromatic carbocycles. The zero-order valence-electron chi connectivity index (χ0n) is 8.66. The van der Waals surface area contributed by atoms with Crippen molar-refractivity contribution in [1.82, 2.24) is 10.3 Å². The van der Waals surface area contributed by atoms with E-state index in [1.807, 2.05) is 13.8 Å². The molecule has 0 spiro atoms. The number of carbonyl (C=O) groups is 1. The Morgan fingerprint density at radius 3 is 2.87 bits per heavy atom. The molecular weight excluding hydrogens is 216 g/mol. The Bertz CT molecular complexity index is 325. The van der Waals surface area contributed by atoms with Crippen LogP contribution in [0.2, 0.25) is 5.15 Å². The van der Waals surface area contributed by atoms with E-state index in [0.29, 0.717) is 10.9 Å². The minimum atomic E-state index is -0.153. The van der Waals surface area contributed by atoms with Crippen molar-refractivity contribution in [3.8, 4) is 5.75 Å². The van der Waals surface area contributed by atoms with E-state index in [0.717, 1.165) is 0 Å². The van der Waals surface area contributed by atoms with Crippen molar-refractivity contribution in [2.45, 2.75) is 19.9 Å². The van der Waals surface area contributed by atoms with Gasteiger partial charge in [-0.05, 0) is 26.0 Å². The summed E-state index contributed by atoms with van der Waals surface area (Å²) in [6, 6.07) is 3.39. The molecule has 0 atom stereocenters. The highest BCUT2D eigenvalue weighted by molar-refractivity contribution is 6.29. The van der Waals surface area contributed by atoms with E-state index in [1.165, 1.54) is 6.20 Å². The van der Waals surface area contributed by atoms with Crippen LogP contribution in [0.4, 0.5) is 0 Å². The molecule has 82 valence electrons. The number of ether oxygens (including phenoxy) is 1. The topological polar surface area (TPSA) is 51.2 Å². The molecule has 0 saturated carbocycles. The maximum Gasteiger partial charge on any atom is 0.258 e.